The van der Waals surface area contributed by atoms with Crippen molar-refractivity contribution >= 4 is 23.4 Å². The van der Waals surface area contributed by atoms with Gasteiger partial charge in [0.1, 0.15) is 0 Å². The van der Waals surface area contributed by atoms with Crippen LogP contribution in [0.1, 0.15) is 23.7 Å². The van der Waals surface area contributed by atoms with Gasteiger partial charge in [-0.25, -0.2) is 5.43 Å². The van der Waals surface area contributed by atoms with Crippen molar-refractivity contribution in [2.45, 2.75) is 12.5 Å². The quantitative estimate of drug-likeness (QED) is 0.554. The van der Waals surface area contributed by atoms with E-state index in [-0.39, 0.29) is 6.04 Å². The lowest BCUT2D eigenvalue weighted by atomic mass is 9.96. The second-order valence-corrected chi connectivity index (χ2v) is 4.10. The molecule has 1 unspecified atom stereocenters. The highest BCUT2D eigenvalue weighted by molar-refractivity contribution is 5.88. The fourth-order valence-corrected chi connectivity index (χ4v) is 2.40. The highest BCUT2D eigenvalue weighted by Crippen LogP contribution is 2.33. The summed E-state index contributed by atoms with van der Waals surface area (Å²) in [6.07, 6.45) is 5.72. The molecular formula is C13H13N3O. The van der Waals surface area contributed by atoms with E-state index in [9.17, 15) is 4.79 Å². The SMILES string of the molecule is O=CNNC1CC=Cc2[nH]c3ccccc3c21. The van der Waals surface area contributed by atoms with Gasteiger partial charge in [-0.05, 0) is 18.6 Å². The van der Waals surface area contributed by atoms with E-state index in [4.69, 9.17) is 0 Å². The van der Waals surface area contributed by atoms with E-state index >= 15 is 0 Å². The first-order valence-corrected chi connectivity index (χ1v) is 5.62. The number of hydrogen-bond acceptors (Lipinski definition) is 2. The number of hydrazine groups is 1. The molecule has 1 amide bonds. The van der Waals surface area contributed by atoms with E-state index in [1.165, 1.54) is 10.9 Å². The second-order valence-electron chi connectivity index (χ2n) is 4.10. The minimum absolute atomic E-state index is 0.122. The fraction of sp³-hybridized carbons (Fsp3) is 0.154. The molecule has 3 rings (SSSR count). The number of nitrogens with one attached hydrogen (secondary N) is 3. The molecule has 0 bridgehead atoms. The van der Waals surface area contributed by atoms with Gasteiger partial charge in [0.25, 0.3) is 0 Å². The van der Waals surface area contributed by atoms with Crippen LogP contribution in [0.25, 0.3) is 17.0 Å². The third-order valence-corrected chi connectivity index (χ3v) is 3.10. The monoisotopic (exact) mass is 227 g/mol. The first kappa shape index (κ1) is 10.1. The van der Waals surface area contributed by atoms with Crippen molar-refractivity contribution in [3.8, 4) is 0 Å². The number of fused-ring (bicyclic) bond motifs is 3. The Morgan fingerprint density at radius 1 is 1.35 bits per heavy atom. The number of aromatic nitrogens is 1. The molecular weight excluding hydrogens is 214 g/mol. The summed E-state index contributed by atoms with van der Waals surface area (Å²) >= 11 is 0. The summed E-state index contributed by atoms with van der Waals surface area (Å²) < 4.78 is 0. The van der Waals surface area contributed by atoms with Crippen molar-refractivity contribution in [1.29, 1.82) is 0 Å². The Balaban J connectivity index is 2.11. The van der Waals surface area contributed by atoms with E-state index in [0.717, 1.165) is 17.6 Å². The number of hydrogen-bond donors (Lipinski definition) is 3. The van der Waals surface area contributed by atoms with E-state index in [0.29, 0.717) is 6.41 Å². The molecule has 1 atom stereocenters. The minimum atomic E-state index is 0.122. The summed E-state index contributed by atoms with van der Waals surface area (Å²) in [5.74, 6) is 0. The van der Waals surface area contributed by atoms with Crippen molar-refractivity contribution in [2.75, 3.05) is 0 Å². The average Bonchev–Trinajstić information content (AvgIpc) is 2.75. The van der Waals surface area contributed by atoms with Crippen molar-refractivity contribution in [2.24, 2.45) is 0 Å². The molecule has 0 aliphatic heterocycles. The van der Waals surface area contributed by atoms with Gasteiger partial charge in [-0.2, -0.15) is 0 Å². The molecule has 0 saturated carbocycles. The lowest BCUT2D eigenvalue weighted by Gasteiger charge is -2.20. The Bertz CT molecular complexity index is 585. The summed E-state index contributed by atoms with van der Waals surface area (Å²) in [5, 5.41) is 1.21. The molecule has 1 heterocycles. The maximum atomic E-state index is 10.4. The zero-order valence-electron chi connectivity index (χ0n) is 9.23. The Morgan fingerprint density at radius 3 is 3.12 bits per heavy atom. The van der Waals surface area contributed by atoms with Gasteiger partial charge in [0.2, 0.25) is 6.41 Å². The van der Waals surface area contributed by atoms with E-state index in [2.05, 4.69) is 40.1 Å². The average molecular weight is 227 g/mol. The third-order valence-electron chi connectivity index (χ3n) is 3.10. The molecule has 1 aliphatic rings. The lowest BCUT2D eigenvalue weighted by molar-refractivity contribution is -0.110. The zero-order valence-corrected chi connectivity index (χ0v) is 9.23. The van der Waals surface area contributed by atoms with Crippen LogP contribution in [0, 0.1) is 0 Å². The molecule has 0 radical (unpaired) electrons. The van der Waals surface area contributed by atoms with Gasteiger partial charge in [-0.3, -0.25) is 10.2 Å². The van der Waals surface area contributed by atoms with Gasteiger partial charge in [0.05, 0.1) is 6.04 Å². The van der Waals surface area contributed by atoms with Crippen LogP contribution in [0.15, 0.2) is 30.3 Å². The Morgan fingerprint density at radius 2 is 2.24 bits per heavy atom. The van der Waals surface area contributed by atoms with Gasteiger partial charge in [-0.15, -0.1) is 0 Å². The van der Waals surface area contributed by atoms with Gasteiger partial charge in [-0.1, -0.05) is 24.3 Å². The predicted molar refractivity (Wildman–Crippen MR) is 67.0 cm³/mol. The summed E-state index contributed by atoms with van der Waals surface area (Å²) in [6, 6.07) is 8.32. The first-order valence-electron chi connectivity index (χ1n) is 5.62. The van der Waals surface area contributed by atoms with Gasteiger partial charge < -0.3 is 4.98 Å². The third kappa shape index (κ3) is 1.62. The Hall–Kier alpha value is -2.07. The highest BCUT2D eigenvalue weighted by Gasteiger charge is 2.20. The largest absolute Gasteiger partial charge is 0.355 e. The standard InChI is InChI=1S/C13H13N3O/c17-8-14-16-12-7-3-6-11-13(12)9-4-1-2-5-10(9)15-11/h1-6,8,12,15-16H,7H2,(H,14,17). The molecule has 4 nitrogen and oxygen atoms in total. The minimum Gasteiger partial charge on any atom is -0.355 e. The molecule has 0 spiro atoms. The molecule has 0 saturated heterocycles. The van der Waals surface area contributed by atoms with E-state index < -0.39 is 0 Å². The van der Waals surface area contributed by atoms with E-state index in [1.807, 2.05) is 12.1 Å². The smallest absolute Gasteiger partial charge is 0.221 e. The molecule has 4 heteroatoms. The van der Waals surface area contributed by atoms with Gasteiger partial charge >= 0.3 is 0 Å². The predicted octanol–water partition coefficient (Wildman–Crippen LogP) is 1.88. The van der Waals surface area contributed by atoms with Crippen molar-refractivity contribution in [3.05, 3.63) is 41.6 Å². The Kier molecular flexibility index (Phi) is 2.42. The van der Waals surface area contributed by atoms with Crippen molar-refractivity contribution in [1.82, 2.24) is 15.8 Å². The number of benzene rings is 1. The molecule has 86 valence electrons. The zero-order chi connectivity index (χ0) is 11.7. The maximum Gasteiger partial charge on any atom is 0.221 e. The number of amides is 1. The van der Waals surface area contributed by atoms with Crippen LogP contribution in [0.3, 0.4) is 0 Å². The van der Waals surface area contributed by atoms with Crippen LogP contribution in [0.4, 0.5) is 0 Å². The molecule has 0 fully saturated rings. The molecule has 1 aromatic carbocycles. The lowest BCUT2D eigenvalue weighted by Crippen LogP contribution is -2.34. The van der Waals surface area contributed by atoms with E-state index in [1.54, 1.807) is 0 Å². The van der Waals surface area contributed by atoms with Crippen LogP contribution >= 0.6 is 0 Å². The van der Waals surface area contributed by atoms with Crippen LogP contribution in [-0.4, -0.2) is 11.4 Å². The maximum absolute atomic E-state index is 10.4. The van der Waals surface area contributed by atoms with Crippen molar-refractivity contribution < 1.29 is 4.79 Å². The number of rotatable bonds is 3. The van der Waals surface area contributed by atoms with Crippen molar-refractivity contribution in [3.63, 3.8) is 0 Å². The van der Waals surface area contributed by atoms with Gasteiger partial charge in [0.15, 0.2) is 0 Å². The number of carbonyl (C=O) groups excluding carboxylic acids is 1. The fourth-order valence-electron chi connectivity index (χ4n) is 2.40. The number of aromatic amines is 1. The molecule has 17 heavy (non-hydrogen) atoms. The summed E-state index contributed by atoms with van der Waals surface area (Å²) in [4.78, 5) is 13.7. The second kappa shape index (κ2) is 4.07. The number of carbonyl (C=O) groups is 1. The Labute approximate surface area is 98.7 Å². The van der Waals surface area contributed by atoms with Crippen LogP contribution in [0.5, 0.6) is 0 Å². The highest BCUT2D eigenvalue weighted by atomic mass is 16.1. The van der Waals surface area contributed by atoms with Gasteiger partial charge in [0, 0.05) is 22.2 Å². The number of H-pyrrole nitrogens is 1. The molecule has 2 aromatic rings. The summed E-state index contributed by atoms with van der Waals surface area (Å²) in [5.41, 5.74) is 9.01. The normalized spacial score (nSPS) is 18.0. The summed E-state index contributed by atoms with van der Waals surface area (Å²) in [7, 11) is 0. The topological polar surface area (TPSA) is 56.9 Å². The molecule has 1 aromatic heterocycles. The van der Waals surface area contributed by atoms with Crippen LogP contribution < -0.4 is 10.9 Å². The van der Waals surface area contributed by atoms with Crippen LogP contribution in [-0.2, 0) is 4.79 Å². The number of para-hydroxylation sites is 1. The van der Waals surface area contributed by atoms with Crippen LogP contribution in [0.2, 0.25) is 0 Å². The summed E-state index contributed by atoms with van der Waals surface area (Å²) in [6.45, 7) is 0. The molecule has 3 N–H and O–H groups in total. The molecule has 1 aliphatic carbocycles. The first-order chi connectivity index (χ1) is 8.40.